The van der Waals surface area contributed by atoms with E-state index >= 15 is 0 Å². The van der Waals surface area contributed by atoms with Crippen LogP contribution in [0.5, 0.6) is 0 Å². The quantitative estimate of drug-likeness (QED) is 0.754. The molecule has 2 aromatic carbocycles. The predicted molar refractivity (Wildman–Crippen MR) is 93.0 cm³/mol. The maximum Gasteiger partial charge on any atom is 0.274 e. The van der Waals surface area contributed by atoms with Gasteiger partial charge in [0.1, 0.15) is 11.5 Å². The summed E-state index contributed by atoms with van der Waals surface area (Å²) in [6.45, 7) is 0. The molecule has 0 spiro atoms. The summed E-state index contributed by atoms with van der Waals surface area (Å²) in [7, 11) is 0. The first-order valence-corrected chi connectivity index (χ1v) is 7.45. The topological polar surface area (TPSA) is 77.8 Å². The number of nitrogens with zero attached hydrogens (tertiary/aromatic N) is 2. The van der Waals surface area contributed by atoms with Crippen molar-refractivity contribution in [3.05, 3.63) is 83.9 Å². The van der Waals surface area contributed by atoms with Gasteiger partial charge in [0.05, 0.1) is 29.2 Å². The second-order valence-electron chi connectivity index (χ2n) is 5.18. The largest absolute Gasteiger partial charge is 0.352 e. The minimum atomic E-state index is -0.373. The van der Waals surface area contributed by atoms with E-state index in [1.54, 1.807) is 54.6 Å². The van der Waals surface area contributed by atoms with Gasteiger partial charge >= 0.3 is 0 Å². The number of aromatic nitrogens is 1. The van der Waals surface area contributed by atoms with Crippen molar-refractivity contribution in [1.82, 2.24) is 4.98 Å². The number of para-hydroxylation sites is 1. The van der Waals surface area contributed by atoms with Crippen molar-refractivity contribution in [3.63, 3.8) is 0 Å². The second kappa shape index (κ2) is 7.23. The van der Waals surface area contributed by atoms with Crippen LogP contribution in [0.15, 0.2) is 66.9 Å². The van der Waals surface area contributed by atoms with E-state index in [1.165, 1.54) is 12.3 Å². The van der Waals surface area contributed by atoms with Gasteiger partial charge in [-0.15, -0.1) is 0 Å². The SMILES string of the molecule is N#Cc1ccc(NC(=O)c2ccc(Nc3ccccc3F)cn2)cc1. The Morgan fingerprint density at radius 1 is 1.00 bits per heavy atom. The fraction of sp³-hybridized carbons (Fsp3) is 0. The lowest BCUT2D eigenvalue weighted by molar-refractivity contribution is 0.102. The first-order chi connectivity index (χ1) is 12.2. The molecule has 0 unspecified atom stereocenters. The minimum absolute atomic E-state index is 0.225. The third-order valence-corrected chi connectivity index (χ3v) is 3.42. The van der Waals surface area contributed by atoms with Gasteiger partial charge in [-0.1, -0.05) is 12.1 Å². The van der Waals surface area contributed by atoms with Crippen LogP contribution >= 0.6 is 0 Å². The smallest absolute Gasteiger partial charge is 0.274 e. The van der Waals surface area contributed by atoms with E-state index in [2.05, 4.69) is 15.6 Å². The lowest BCUT2D eigenvalue weighted by Gasteiger charge is -2.08. The number of carbonyl (C=O) groups is 1. The van der Waals surface area contributed by atoms with E-state index in [0.717, 1.165) is 0 Å². The van der Waals surface area contributed by atoms with Gasteiger partial charge in [-0.3, -0.25) is 4.79 Å². The van der Waals surface area contributed by atoms with Crippen molar-refractivity contribution < 1.29 is 9.18 Å². The fourth-order valence-corrected chi connectivity index (χ4v) is 2.14. The van der Waals surface area contributed by atoms with Crippen LogP contribution < -0.4 is 10.6 Å². The highest BCUT2D eigenvalue weighted by atomic mass is 19.1. The first-order valence-electron chi connectivity index (χ1n) is 7.45. The zero-order valence-corrected chi connectivity index (χ0v) is 13.0. The standard InChI is InChI=1S/C19H13FN4O/c20-16-3-1-2-4-17(16)23-15-9-10-18(22-12-15)19(25)24-14-7-5-13(11-21)6-8-14/h1-10,12,23H,(H,24,25). The van der Waals surface area contributed by atoms with Gasteiger partial charge < -0.3 is 10.6 Å². The summed E-state index contributed by atoms with van der Waals surface area (Å²) < 4.78 is 13.6. The molecule has 3 rings (SSSR count). The predicted octanol–water partition coefficient (Wildman–Crippen LogP) is 4.09. The van der Waals surface area contributed by atoms with Crippen molar-refractivity contribution in [3.8, 4) is 6.07 Å². The molecule has 0 atom stereocenters. The Bertz CT molecular complexity index is 931. The number of rotatable bonds is 4. The van der Waals surface area contributed by atoms with Crippen LogP contribution in [0.25, 0.3) is 0 Å². The molecule has 1 heterocycles. The molecule has 0 radical (unpaired) electrons. The van der Waals surface area contributed by atoms with Crippen LogP contribution in [0, 0.1) is 17.1 Å². The van der Waals surface area contributed by atoms with Crippen molar-refractivity contribution in [2.45, 2.75) is 0 Å². The number of pyridine rings is 1. The first kappa shape index (κ1) is 16.1. The maximum absolute atomic E-state index is 13.6. The number of hydrogen-bond donors (Lipinski definition) is 2. The fourth-order valence-electron chi connectivity index (χ4n) is 2.14. The summed E-state index contributed by atoms with van der Waals surface area (Å²) in [5.41, 5.74) is 2.21. The van der Waals surface area contributed by atoms with Gasteiger partial charge in [0.2, 0.25) is 0 Å². The Morgan fingerprint density at radius 3 is 2.36 bits per heavy atom. The number of halogens is 1. The van der Waals surface area contributed by atoms with Crippen molar-refractivity contribution in [2.24, 2.45) is 0 Å². The molecule has 0 aliphatic rings. The molecule has 6 heteroatoms. The van der Waals surface area contributed by atoms with Crippen LogP contribution in [0.2, 0.25) is 0 Å². The molecule has 1 aromatic heterocycles. The molecule has 0 aliphatic heterocycles. The number of carbonyl (C=O) groups excluding carboxylic acids is 1. The van der Waals surface area contributed by atoms with E-state index in [4.69, 9.17) is 5.26 Å². The molecule has 25 heavy (non-hydrogen) atoms. The average molecular weight is 332 g/mol. The molecule has 0 saturated heterocycles. The maximum atomic E-state index is 13.6. The summed E-state index contributed by atoms with van der Waals surface area (Å²) in [6.07, 6.45) is 1.46. The van der Waals surface area contributed by atoms with Crippen LogP contribution in [-0.4, -0.2) is 10.9 Å². The molecule has 0 bridgehead atoms. The van der Waals surface area contributed by atoms with Crippen LogP contribution in [-0.2, 0) is 0 Å². The van der Waals surface area contributed by atoms with Crippen LogP contribution in [0.3, 0.4) is 0 Å². The molecule has 1 amide bonds. The van der Waals surface area contributed by atoms with Crippen molar-refractivity contribution in [2.75, 3.05) is 10.6 Å². The summed E-state index contributed by atoms with van der Waals surface area (Å²) in [4.78, 5) is 16.3. The Kier molecular flexibility index (Phi) is 4.67. The van der Waals surface area contributed by atoms with Gasteiger partial charge in [0, 0.05) is 5.69 Å². The molecule has 0 fully saturated rings. The number of nitriles is 1. The third-order valence-electron chi connectivity index (χ3n) is 3.42. The highest BCUT2D eigenvalue weighted by Gasteiger charge is 2.08. The van der Waals surface area contributed by atoms with E-state index in [-0.39, 0.29) is 17.4 Å². The number of amides is 1. The molecule has 0 saturated carbocycles. The molecule has 122 valence electrons. The monoisotopic (exact) mass is 332 g/mol. The molecule has 0 aliphatic carbocycles. The summed E-state index contributed by atoms with van der Waals surface area (Å²) in [6, 6.07) is 18.0. The van der Waals surface area contributed by atoms with Crippen LogP contribution in [0.1, 0.15) is 16.1 Å². The number of nitrogens with one attached hydrogen (secondary N) is 2. The van der Waals surface area contributed by atoms with Crippen molar-refractivity contribution in [1.29, 1.82) is 5.26 Å². The summed E-state index contributed by atoms with van der Waals surface area (Å²) >= 11 is 0. The summed E-state index contributed by atoms with van der Waals surface area (Å²) in [5, 5.41) is 14.4. The van der Waals surface area contributed by atoms with E-state index in [0.29, 0.717) is 22.6 Å². The molecule has 5 nitrogen and oxygen atoms in total. The zero-order valence-electron chi connectivity index (χ0n) is 13.0. The van der Waals surface area contributed by atoms with Gasteiger partial charge in [0.15, 0.2) is 0 Å². The lowest BCUT2D eigenvalue weighted by atomic mass is 10.2. The van der Waals surface area contributed by atoms with E-state index < -0.39 is 0 Å². The Balaban J connectivity index is 1.68. The van der Waals surface area contributed by atoms with E-state index in [9.17, 15) is 9.18 Å². The van der Waals surface area contributed by atoms with Gasteiger partial charge in [-0.2, -0.15) is 5.26 Å². The molecular weight excluding hydrogens is 319 g/mol. The second-order valence-corrected chi connectivity index (χ2v) is 5.18. The van der Waals surface area contributed by atoms with Gasteiger partial charge in [0.25, 0.3) is 5.91 Å². The normalized spacial score (nSPS) is 9.92. The van der Waals surface area contributed by atoms with Gasteiger partial charge in [-0.05, 0) is 48.5 Å². The highest BCUT2D eigenvalue weighted by Crippen LogP contribution is 2.19. The molecular formula is C19H13FN4O. The Hall–Kier alpha value is -3.72. The van der Waals surface area contributed by atoms with Gasteiger partial charge in [-0.25, -0.2) is 9.37 Å². The highest BCUT2D eigenvalue weighted by molar-refractivity contribution is 6.03. The minimum Gasteiger partial charge on any atom is -0.352 e. The molecule has 2 N–H and O–H groups in total. The Labute approximate surface area is 143 Å². The number of benzene rings is 2. The van der Waals surface area contributed by atoms with Crippen LogP contribution in [0.4, 0.5) is 21.5 Å². The Morgan fingerprint density at radius 2 is 1.72 bits per heavy atom. The van der Waals surface area contributed by atoms with Crippen molar-refractivity contribution >= 4 is 23.0 Å². The summed E-state index contributed by atoms with van der Waals surface area (Å²) in [5.74, 6) is -0.743. The zero-order chi connectivity index (χ0) is 17.6. The number of anilines is 3. The third kappa shape index (κ3) is 3.98. The average Bonchev–Trinajstić information content (AvgIpc) is 2.65. The number of hydrogen-bond acceptors (Lipinski definition) is 4. The molecule has 3 aromatic rings. The van der Waals surface area contributed by atoms with E-state index in [1.807, 2.05) is 6.07 Å². The lowest BCUT2D eigenvalue weighted by Crippen LogP contribution is -2.13.